The molecule has 0 aliphatic heterocycles. The third kappa shape index (κ3) is 6.52. The first-order valence-electron chi connectivity index (χ1n) is 3.08. The minimum absolute atomic E-state index is 0. The number of carboxylic acid groups (broad SMARTS) is 2. The second-order valence-corrected chi connectivity index (χ2v) is 1.78. The smallest absolute Gasteiger partial charge is 0.335 e. The first-order chi connectivity index (χ1) is 5.72. The van der Waals surface area contributed by atoms with E-state index in [1.165, 1.54) is 0 Å². The Morgan fingerprint density at radius 1 is 1.23 bits per heavy atom. The molecule has 0 amide bonds. The predicted octanol–water partition coefficient (Wildman–Crippen LogP) is 0.261. The number of benzene rings is 1. The molecule has 0 fully saturated rings. The molecule has 1 aromatic rings. The zero-order valence-electron chi connectivity index (χ0n) is 6.68. The zero-order valence-corrected chi connectivity index (χ0v) is 6.68. The van der Waals surface area contributed by atoms with Gasteiger partial charge in [0.25, 0.3) is 6.47 Å². The van der Waals surface area contributed by atoms with Crippen LogP contribution in [0.25, 0.3) is 0 Å². The molecule has 5 nitrogen and oxygen atoms in total. The maximum absolute atomic E-state index is 10.2. The normalized spacial score (nSPS) is 7.08. The average Bonchev–Trinajstić information content (AvgIpc) is 2.07. The molecule has 0 aromatic heterocycles. The van der Waals surface area contributed by atoms with Crippen LogP contribution in [-0.4, -0.2) is 28.1 Å². The molecule has 0 aliphatic rings. The molecule has 0 unspecified atom stereocenters. The molecule has 0 radical (unpaired) electrons. The molecule has 0 saturated carbocycles. The maximum atomic E-state index is 10.2. The van der Waals surface area contributed by atoms with Gasteiger partial charge in [-0.05, 0) is 12.1 Å². The zero-order chi connectivity index (χ0) is 9.40. The Labute approximate surface area is 74.6 Å². The minimum atomic E-state index is -0.879. The summed E-state index contributed by atoms with van der Waals surface area (Å²) in [6, 6.07) is 8.30. The van der Waals surface area contributed by atoms with E-state index in [0.717, 1.165) is 0 Å². The first-order valence-corrected chi connectivity index (χ1v) is 3.08. The monoisotopic (exact) mass is 186 g/mol. The average molecular weight is 186 g/mol. The van der Waals surface area contributed by atoms with Gasteiger partial charge in [-0.15, -0.1) is 0 Å². The topological polar surface area (TPSA) is 106 Å². The van der Waals surface area contributed by atoms with Crippen molar-refractivity contribution in [2.45, 2.75) is 0 Å². The van der Waals surface area contributed by atoms with Crippen molar-refractivity contribution in [2.75, 3.05) is 0 Å². The van der Waals surface area contributed by atoms with Gasteiger partial charge in [0, 0.05) is 0 Å². The largest absolute Gasteiger partial charge is 0.483 e. The molecule has 72 valence electrons. The summed E-state index contributed by atoms with van der Waals surface area (Å²) in [6.45, 7) is -0.250. The third-order valence-corrected chi connectivity index (χ3v) is 1.02. The summed E-state index contributed by atoms with van der Waals surface area (Å²) in [5, 5.41) is 15.3. The van der Waals surface area contributed by atoms with Crippen LogP contribution in [0.3, 0.4) is 0 Å². The summed E-state index contributed by atoms with van der Waals surface area (Å²) in [5.74, 6) is -0.879. The summed E-state index contributed by atoms with van der Waals surface area (Å²) in [5.41, 5.74) is 0.331. The molecular formula is C8H10O5. The number of hydrogen-bond acceptors (Lipinski definition) is 2. The van der Waals surface area contributed by atoms with Crippen LogP contribution in [0.2, 0.25) is 0 Å². The quantitative estimate of drug-likeness (QED) is 0.613. The first kappa shape index (κ1) is 13.7. The van der Waals surface area contributed by atoms with Crippen molar-refractivity contribution in [3.05, 3.63) is 35.9 Å². The van der Waals surface area contributed by atoms with Crippen LogP contribution in [0.4, 0.5) is 0 Å². The van der Waals surface area contributed by atoms with Crippen molar-refractivity contribution in [3.8, 4) is 0 Å². The van der Waals surface area contributed by atoms with Gasteiger partial charge in [-0.3, -0.25) is 4.79 Å². The molecule has 1 rings (SSSR count). The molecule has 1 aromatic carbocycles. The molecule has 13 heavy (non-hydrogen) atoms. The van der Waals surface area contributed by atoms with Crippen LogP contribution >= 0.6 is 0 Å². The van der Waals surface area contributed by atoms with Gasteiger partial charge in [-0.2, -0.15) is 0 Å². The van der Waals surface area contributed by atoms with E-state index in [4.69, 9.17) is 15.0 Å². The van der Waals surface area contributed by atoms with E-state index in [0.29, 0.717) is 5.56 Å². The van der Waals surface area contributed by atoms with Gasteiger partial charge in [-0.25, -0.2) is 4.79 Å². The lowest BCUT2D eigenvalue weighted by molar-refractivity contribution is -0.122. The van der Waals surface area contributed by atoms with Gasteiger partial charge in [0.15, 0.2) is 0 Å². The molecule has 0 spiro atoms. The van der Waals surface area contributed by atoms with Crippen molar-refractivity contribution < 1.29 is 25.3 Å². The van der Waals surface area contributed by atoms with Gasteiger partial charge >= 0.3 is 5.97 Å². The van der Waals surface area contributed by atoms with Crippen LogP contribution < -0.4 is 0 Å². The Hall–Kier alpha value is -1.88. The molecule has 5 heteroatoms. The molecule has 0 atom stereocenters. The van der Waals surface area contributed by atoms with Gasteiger partial charge in [0.05, 0.1) is 5.56 Å². The third-order valence-electron chi connectivity index (χ3n) is 1.02. The SMILES string of the molecule is O.O=C(O)c1ccccc1.O=CO. The number of aromatic carboxylic acids is 1. The van der Waals surface area contributed by atoms with E-state index in [2.05, 4.69) is 0 Å². The standard InChI is InChI=1S/C7H6O2.CH2O2.H2O/c8-7(9)6-4-2-1-3-5-6;2-1-3;/h1-5H,(H,8,9);1H,(H,2,3);1H2. The fourth-order valence-corrected chi connectivity index (χ4v) is 0.581. The van der Waals surface area contributed by atoms with Crippen molar-refractivity contribution >= 4 is 12.4 Å². The van der Waals surface area contributed by atoms with E-state index in [1.54, 1.807) is 30.3 Å². The van der Waals surface area contributed by atoms with Crippen molar-refractivity contribution in [3.63, 3.8) is 0 Å². The van der Waals surface area contributed by atoms with Gasteiger partial charge in [-0.1, -0.05) is 18.2 Å². The van der Waals surface area contributed by atoms with Crippen LogP contribution in [0.1, 0.15) is 10.4 Å². The minimum Gasteiger partial charge on any atom is -0.483 e. The number of carboxylic acids is 1. The lowest BCUT2D eigenvalue weighted by atomic mass is 10.2. The maximum Gasteiger partial charge on any atom is 0.335 e. The molecule has 0 aliphatic carbocycles. The number of rotatable bonds is 1. The number of hydrogen-bond donors (Lipinski definition) is 2. The molecule has 0 heterocycles. The second-order valence-electron chi connectivity index (χ2n) is 1.78. The fraction of sp³-hybridized carbons (Fsp3) is 0. The van der Waals surface area contributed by atoms with Gasteiger partial charge in [0.1, 0.15) is 0 Å². The van der Waals surface area contributed by atoms with E-state index in [9.17, 15) is 4.79 Å². The Kier molecular flexibility index (Phi) is 8.66. The van der Waals surface area contributed by atoms with Gasteiger partial charge in [0.2, 0.25) is 0 Å². The van der Waals surface area contributed by atoms with Crippen LogP contribution in [0, 0.1) is 0 Å². The van der Waals surface area contributed by atoms with Crippen LogP contribution in [-0.2, 0) is 4.79 Å². The molecule has 0 bridgehead atoms. The Balaban J connectivity index is 0. The molecule has 0 saturated heterocycles. The van der Waals surface area contributed by atoms with Crippen molar-refractivity contribution in [2.24, 2.45) is 0 Å². The number of carbonyl (C=O) groups is 2. The Morgan fingerprint density at radius 2 is 1.62 bits per heavy atom. The summed E-state index contributed by atoms with van der Waals surface area (Å²) in [7, 11) is 0. The molecule has 4 N–H and O–H groups in total. The van der Waals surface area contributed by atoms with Crippen LogP contribution in [0.15, 0.2) is 30.3 Å². The van der Waals surface area contributed by atoms with Crippen molar-refractivity contribution in [1.82, 2.24) is 0 Å². The Bertz CT molecular complexity index is 244. The highest BCUT2D eigenvalue weighted by Gasteiger charge is 1.96. The lowest BCUT2D eigenvalue weighted by Gasteiger charge is -1.88. The van der Waals surface area contributed by atoms with E-state index in [-0.39, 0.29) is 11.9 Å². The predicted molar refractivity (Wildman–Crippen MR) is 45.7 cm³/mol. The van der Waals surface area contributed by atoms with E-state index >= 15 is 0 Å². The molecular weight excluding hydrogens is 176 g/mol. The summed E-state index contributed by atoms with van der Waals surface area (Å²) in [6.07, 6.45) is 0. The highest BCUT2D eigenvalue weighted by atomic mass is 16.4. The Morgan fingerprint density at radius 3 is 1.85 bits per heavy atom. The highest BCUT2D eigenvalue weighted by Crippen LogP contribution is 1.96. The van der Waals surface area contributed by atoms with Crippen molar-refractivity contribution in [1.29, 1.82) is 0 Å². The summed E-state index contributed by atoms with van der Waals surface area (Å²) < 4.78 is 0. The fourth-order valence-electron chi connectivity index (χ4n) is 0.581. The van der Waals surface area contributed by atoms with Gasteiger partial charge < -0.3 is 15.7 Å². The second kappa shape index (κ2) is 8.22. The van der Waals surface area contributed by atoms with E-state index in [1.807, 2.05) is 0 Å². The van der Waals surface area contributed by atoms with Crippen LogP contribution in [0.5, 0.6) is 0 Å². The summed E-state index contributed by atoms with van der Waals surface area (Å²) in [4.78, 5) is 18.6. The van der Waals surface area contributed by atoms with E-state index < -0.39 is 5.97 Å². The lowest BCUT2D eigenvalue weighted by Crippen LogP contribution is -1.93. The highest BCUT2D eigenvalue weighted by molar-refractivity contribution is 5.87. The summed E-state index contributed by atoms with van der Waals surface area (Å²) >= 11 is 0.